The first-order valence-corrected chi connectivity index (χ1v) is 7.57. The Morgan fingerprint density at radius 2 is 1.92 bits per heavy atom. The van der Waals surface area contributed by atoms with Crippen LogP contribution in [-0.4, -0.2) is 78.0 Å². The molecule has 2 N–H and O–H groups in total. The van der Waals surface area contributed by atoms with Crippen molar-refractivity contribution in [1.29, 1.82) is 0 Å². The second-order valence-electron chi connectivity index (χ2n) is 5.84. The summed E-state index contributed by atoms with van der Waals surface area (Å²) in [5.41, 5.74) is 0. The van der Waals surface area contributed by atoms with E-state index in [0.29, 0.717) is 19.4 Å². The Labute approximate surface area is 141 Å². The lowest BCUT2D eigenvalue weighted by molar-refractivity contribution is -0.148. The standard InChI is InChI=1S/C14H20F3N3O5/c1-19(11(22)5-10(21)18-8-14(15,16)17)7-12(23)20-4-2-3-9(6-20)13(24)25/h9H,2-8H2,1H3,(H,18,21)(H,24,25). The van der Waals surface area contributed by atoms with E-state index in [1.54, 1.807) is 5.32 Å². The average Bonchev–Trinajstić information content (AvgIpc) is 2.52. The van der Waals surface area contributed by atoms with Crippen molar-refractivity contribution in [2.75, 3.05) is 33.2 Å². The number of carboxylic acids is 1. The minimum absolute atomic E-state index is 0.0439. The van der Waals surface area contributed by atoms with E-state index in [0.717, 1.165) is 4.90 Å². The van der Waals surface area contributed by atoms with Gasteiger partial charge in [-0.25, -0.2) is 0 Å². The number of likely N-dealkylation sites (tertiary alicyclic amines) is 1. The molecule has 142 valence electrons. The van der Waals surface area contributed by atoms with E-state index in [-0.39, 0.29) is 13.1 Å². The Morgan fingerprint density at radius 3 is 2.48 bits per heavy atom. The number of carbonyl (C=O) groups excluding carboxylic acids is 3. The van der Waals surface area contributed by atoms with E-state index < -0.39 is 48.8 Å². The smallest absolute Gasteiger partial charge is 0.405 e. The van der Waals surface area contributed by atoms with E-state index in [4.69, 9.17) is 5.11 Å². The first-order chi connectivity index (χ1) is 11.5. The number of hydrogen-bond donors (Lipinski definition) is 2. The average molecular weight is 367 g/mol. The molecule has 1 unspecified atom stereocenters. The van der Waals surface area contributed by atoms with Gasteiger partial charge in [0.2, 0.25) is 17.7 Å². The van der Waals surface area contributed by atoms with Gasteiger partial charge in [-0.2, -0.15) is 13.2 Å². The maximum absolute atomic E-state index is 12.1. The summed E-state index contributed by atoms with van der Waals surface area (Å²) in [6.45, 7) is -1.50. The monoisotopic (exact) mass is 367 g/mol. The number of aliphatic carboxylic acids is 1. The van der Waals surface area contributed by atoms with Gasteiger partial charge in [0.25, 0.3) is 0 Å². The first-order valence-electron chi connectivity index (χ1n) is 7.57. The number of carbonyl (C=O) groups is 4. The van der Waals surface area contributed by atoms with Gasteiger partial charge >= 0.3 is 12.1 Å². The van der Waals surface area contributed by atoms with E-state index in [2.05, 4.69) is 0 Å². The highest BCUT2D eigenvalue weighted by molar-refractivity contribution is 5.98. The van der Waals surface area contributed by atoms with Crippen molar-refractivity contribution in [3.8, 4) is 0 Å². The van der Waals surface area contributed by atoms with Gasteiger partial charge in [-0.1, -0.05) is 0 Å². The highest BCUT2D eigenvalue weighted by Gasteiger charge is 2.30. The largest absolute Gasteiger partial charge is 0.481 e. The fourth-order valence-corrected chi connectivity index (χ4v) is 2.33. The number of halogens is 3. The predicted molar refractivity (Wildman–Crippen MR) is 78.3 cm³/mol. The topological polar surface area (TPSA) is 107 Å². The first kappa shape index (κ1) is 20.7. The van der Waals surface area contributed by atoms with Gasteiger partial charge < -0.3 is 20.2 Å². The molecule has 1 atom stereocenters. The van der Waals surface area contributed by atoms with E-state index in [1.165, 1.54) is 11.9 Å². The molecule has 1 saturated heterocycles. The molecule has 11 heteroatoms. The summed E-state index contributed by atoms with van der Waals surface area (Å²) < 4.78 is 35.9. The molecule has 0 saturated carbocycles. The lowest BCUT2D eigenvalue weighted by atomic mass is 9.98. The summed E-state index contributed by atoms with van der Waals surface area (Å²) >= 11 is 0. The second kappa shape index (κ2) is 8.67. The number of piperidine rings is 1. The van der Waals surface area contributed by atoms with Crippen LogP contribution in [0.4, 0.5) is 13.2 Å². The number of nitrogens with zero attached hydrogens (tertiary/aromatic N) is 2. The molecule has 0 spiro atoms. The zero-order valence-electron chi connectivity index (χ0n) is 13.6. The van der Waals surface area contributed by atoms with Crippen LogP contribution in [0.3, 0.4) is 0 Å². The van der Waals surface area contributed by atoms with Crippen LogP contribution < -0.4 is 5.32 Å². The predicted octanol–water partition coefficient (Wildman–Crippen LogP) is -0.163. The van der Waals surface area contributed by atoms with Crippen LogP contribution in [0.5, 0.6) is 0 Å². The molecule has 25 heavy (non-hydrogen) atoms. The lowest BCUT2D eigenvalue weighted by Crippen LogP contribution is -2.47. The van der Waals surface area contributed by atoms with Gasteiger partial charge in [-0.3, -0.25) is 19.2 Å². The summed E-state index contributed by atoms with van der Waals surface area (Å²) in [4.78, 5) is 48.4. The van der Waals surface area contributed by atoms with Crippen molar-refractivity contribution < 1.29 is 37.5 Å². The molecule has 0 aromatic heterocycles. The maximum Gasteiger partial charge on any atom is 0.405 e. The number of nitrogens with one attached hydrogen (secondary N) is 1. The minimum Gasteiger partial charge on any atom is -0.481 e. The Bertz CT molecular complexity index is 538. The zero-order chi connectivity index (χ0) is 19.2. The van der Waals surface area contributed by atoms with E-state index in [9.17, 15) is 32.3 Å². The van der Waals surface area contributed by atoms with Crippen LogP contribution in [0.25, 0.3) is 0 Å². The Kier molecular flexibility index (Phi) is 7.19. The summed E-state index contributed by atoms with van der Waals surface area (Å²) in [7, 11) is 1.25. The molecule has 1 rings (SSSR count). The van der Waals surface area contributed by atoms with E-state index >= 15 is 0 Å². The molecule has 8 nitrogen and oxygen atoms in total. The van der Waals surface area contributed by atoms with Crippen LogP contribution in [0.15, 0.2) is 0 Å². The zero-order valence-corrected chi connectivity index (χ0v) is 13.6. The highest BCUT2D eigenvalue weighted by Crippen LogP contribution is 2.17. The molecule has 1 fully saturated rings. The second-order valence-corrected chi connectivity index (χ2v) is 5.84. The Hall–Kier alpha value is -2.33. The van der Waals surface area contributed by atoms with Crippen LogP contribution in [-0.2, 0) is 19.2 Å². The van der Waals surface area contributed by atoms with Crippen molar-refractivity contribution in [1.82, 2.24) is 15.1 Å². The van der Waals surface area contributed by atoms with Crippen LogP contribution >= 0.6 is 0 Å². The highest BCUT2D eigenvalue weighted by atomic mass is 19.4. The third kappa shape index (κ3) is 7.40. The van der Waals surface area contributed by atoms with Gasteiger partial charge in [0, 0.05) is 20.1 Å². The fraction of sp³-hybridized carbons (Fsp3) is 0.714. The number of hydrogen-bond acceptors (Lipinski definition) is 4. The summed E-state index contributed by atoms with van der Waals surface area (Å²) in [5, 5.41) is 10.6. The summed E-state index contributed by atoms with van der Waals surface area (Å²) in [6, 6.07) is 0. The Morgan fingerprint density at radius 1 is 1.28 bits per heavy atom. The lowest BCUT2D eigenvalue weighted by Gasteiger charge is -2.32. The fourth-order valence-electron chi connectivity index (χ4n) is 2.33. The number of amides is 3. The molecular formula is C14H20F3N3O5. The van der Waals surface area contributed by atoms with Gasteiger partial charge in [0.1, 0.15) is 13.0 Å². The summed E-state index contributed by atoms with van der Waals surface area (Å²) in [6.07, 6.45) is -4.39. The quantitative estimate of drug-likeness (QED) is 0.635. The van der Waals surface area contributed by atoms with E-state index in [1.807, 2.05) is 0 Å². The van der Waals surface area contributed by atoms with Gasteiger partial charge in [-0.15, -0.1) is 0 Å². The van der Waals surface area contributed by atoms with Crippen LogP contribution in [0.1, 0.15) is 19.3 Å². The number of rotatable bonds is 6. The van der Waals surface area contributed by atoms with Crippen molar-refractivity contribution >= 4 is 23.7 Å². The van der Waals surface area contributed by atoms with Gasteiger partial charge in [0.05, 0.1) is 12.5 Å². The number of carboxylic acid groups (broad SMARTS) is 1. The molecule has 1 heterocycles. The minimum atomic E-state index is -4.57. The Balaban J connectivity index is 2.44. The van der Waals surface area contributed by atoms with Crippen LogP contribution in [0, 0.1) is 5.92 Å². The SMILES string of the molecule is CN(CC(=O)N1CCCC(C(=O)O)C1)C(=O)CC(=O)NCC(F)(F)F. The van der Waals surface area contributed by atoms with Crippen molar-refractivity contribution in [2.24, 2.45) is 5.92 Å². The number of likely N-dealkylation sites (N-methyl/N-ethyl adjacent to an activating group) is 1. The molecule has 3 amide bonds. The maximum atomic E-state index is 12.1. The normalized spacial score (nSPS) is 17.8. The molecule has 0 aromatic rings. The third-order valence-electron chi connectivity index (χ3n) is 3.72. The van der Waals surface area contributed by atoms with Crippen LogP contribution in [0.2, 0.25) is 0 Å². The van der Waals surface area contributed by atoms with Gasteiger partial charge in [-0.05, 0) is 12.8 Å². The molecule has 0 bridgehead atoms. The molecule has 0 radical (unpaired) electrons. The van der Waals surface area contributed by atoms with Gasteiger partial charge in [0.15, 0.2) is 0 Å². The summed E-state index contributed by atoms with van der Waals surface area (Å²) in [5.74, 6) is -4.03. The van der Waals surface area contributed by atoms with Crippen molar-refractivity contribution in [3.63, 3.8) is 0 Å². The molecular weight excluding hydrogens is 347 g/mol. The molecule has 1 aliphatic heterocycles. The van der Waals surface area contributed by atoms with Crippen molar-refractivity contribution in [2.45, 2.75) is 25.4 Å². The molecule has 0 aliphatic carbocycles. The molecule has 1 aliphatic rings. The van der Waals surface area contributed by atoms with Crippen molar-refractivity contribution in [3.05, 3.63) is 0 Å². The number of alkyl halides is 3. The third-order valence-corrected chi connectivity index (χ3v) is 3.72. The molecule has 0 aromatic carbocycles.